The largest absolute Gasteiger partial charge is 0.508 e. The normalized spacial score (nSPS) is 13.4. The molecule has 0 saturated carbocycles. The molecule has 2 N–H and O–H groups in total. The molecule has 1 aromatic heterocycles. The lowest BCUT2D eigenvalue weighted by atomic mass is 9.88. The summed E-state index contributed by atoms with van der Waals surface area (Å²) in [5.41, 5.74) is 7.01. The molecule has 4 rings (SSSR count). The van der Waals surface area contributed by atoms with Crippen LogP contribution in [-0.2, 0) is 11.2 Å². The number of aromatic nitrogens is 1. The summed E-state index contributed by atoms with van der Waals surface area (Å²) in [7, 11) is 3.46. The number of pyridine rings is 1. The van der Waals surface area contributed by atoms with E-state index < -0.39 is 0 Å². The van der Waals surface area contributed by atoms with E-state index in [4.69, 9.17) is 4.74 Å². The second-order valence-electron chi connectivity index (χ2n) is 9.00. The minimum Gasteiger partial charge on any atom is -0.508 e. The Morgan fingerprint density at radius 1 is 1.11 bits per heavy atom. The van der Waals surface area contributed by atoms with Gasteiger partial charge in [-0.1, -0.05) is 30.3 Å². The molecule has 36 heavy (non-hydrogen) atoms. The van der Waals surface area contributed by atoms with E-state index in [0.29, 0.717) is 25.4 Å². The molecule has 6 nitrogen and oxygen atoms in total. The standard InChI is InChI=1S/C30H33N3O3/c1-33(2)29(35)9-5-16-31-18-19-36-26-13-10-22(11-14-26)30-27(24-7-4-17-32-21-24)8-3-6-23-20-25(34)12-15-28(23)30/h4-5,7,9-15,17,20-21,31,34H,3,6,8,16,18-19H2,1-2H3/b9-5+. The van der Waals surface area contributed by atoms with Crippen molar-refractivity contribution in [2.75, 3.05) is 33.8 Å². The minimum atomic E-state index is -0.0250. The molecule has 0 spiro atoms. The smallest absolute Gasteiger partial charge is 0.245 e. The maximum Gasteiger partial charge on any atom is 0.245 e. The number of phenolic OH excluding ortho intramolecular Hbond substituents is 1. The Hall–Kier alpha value is -3.90. The number of phenols is 1. The highest BCUT2D eigenvalue weighted by Gasteiger charge is 2.20. The monoisotopic (exact) mass is 483 g/mol. The van der Waals surface area contributed by atoms with Gasteiger partial charge in [-0.15, -0.1) is 0 Å². The first-order valence-electron chi connectivity index (χ1n) is 12.3. The maximum atomic E-state index is 11.5. The lowest BCUT2D eigenvalue weighted by molar-refractivity contribution is -0.123. The highest BCUT2D eigenvalue weighted by molar-refractivity contribution is 5.99. The summed E-state index contributed by atoms with van der Waals surface area (Å²) in [5.74, 6) is 1.08. The van der Waals surface area contributed by atoms with E-state index in [1.807, 2.05) is 42.6 Å². The number of carbonyl (C=O) groups is 1. The Labute approximate surface area is 213 Å². The molecule has 0 unspecified atom stereocenters. The fourth-order valence-electron chi connectivity index (χ4n) is 4.39. The lowest BCUT2D eigenvalue weighted by Crippen LogP contribution is -2.22. The Morgan fingerprint density at radius 3 is 2.69 bits per heavy atom. The quantitative estimate of drug-likeness (QED) is 0.341. The van der Waals surface area contributed by atoms with Crippen LogP contribution in [0.3, 0.4) is 0 Å². The minimum absolute atomic E-state index is 0.0250. The van der Waals surface area contributed by atoms with Gasteiger partial charge in [-0.3, -0.25) is 9.78 Å². The van der Waals surface area contributed by atoms with Gasteiger partial charge in [-0.2, -0.15) is 0 Å². The molecule has 0 atom stereocenters. The van der Waals surface area contributed by atoms with Crippen molar-refractivity contribution in [3.05, 3.63) is 101 Å². The molecule has 186 valence electrons. The van der Waals surface area contributed by atoms with Crippen LogP contribution in [0.2, 0.25) is 0 Å². The van der Waals surface area contributed by atoms with Gasteiger partial charge in [-0.05, 0) is 83.0 Å². The summed E-state index contributed by atoms with van der Waals surface area (Å²) in [6, 6.07) is 18.0. The van der Waals surface area contributed by atoms with Crippen molar-refractivity contribution in [1.82, 2.24) is 15.2 Å². The van der Waals surface area contributed by atoms with Gasteiger partial charge < -0.3 is 20.1 Å². The van der Waals surface area contributed by atoms with Gasteiger partial charge >= 0.3 is 0 Å². The van der Waals surface area contributed by atoms with Crippen molar-refractivity contribution in [1.29, 1.82) is 0 Å². The summed E-state index contributed by atoms with van der Waals surface area (Å²) in [5, 5.41) is 13.3. The van der Waals surface area contributed by atoms with Gasteiger partial charge in [0, 0.05) is 45.7 Å². The molecule has 0 saturated heterocycles. The molecule has 1 heterocycles. The summed E-state index contributed by atoms with van der Waals surface area (Å²) in [6.07, 6.45) is 9.97. The number of hydrogen-bond donors (Lipinski definition) is 2. The lowest BCUT2D eigenvalue weighted by Gasteiger charge is -2.17. The molecule has 1 aliphatic carbocycles. The van der Waals surface area contributed by atoms with Crippen LogP contribution in [0.5, 0.6) is 11.5 Å². The molecule has 0 radical (unpaired) electrons. The van der Waals surface area contributed by atoms with Crippen LogP contribution in [0.25, 0.3) is 11.1 Å². The number of aryl methyl sites for hydroxylation is 1. The van der Waals surface area contributed by atoms with Crippen LogP contribution in [-0.4, -0.2) is 54.7 Å². The number of aromatic hydroxyl groups is 1. The molecule has 3 aromatic rings. The summed E-state index contributed by atoms with van der Waals surface area (Å²) >= 11 is 0. The van der Waals surface area contributed by atoms with Gasteiger partial charge in [0.15, 0.2) is 0 Å². The van der Waals surface area contributed by atoms with Crippen molar-refractivity contribution >= 4 is 17.1 Å². The van der Waals surface area contributed by atoms with E-state index in [2.05, 4.69) is 28.5 Å². The van der Waals surface area contributed by atoms with Crippen LogP contribution in [0.15, 0.2) is 79.1 Å². The first-order valence-corrected chi connectivity index (χ1v) is 12.3. The van der Waals surface area contributed by atoms with Crippen LogP contribution in [0.4, 0.5) is 0 Å². The van der Waals surface area contributed by atoms with Crippen LogP contribution in [0.1, 0.15) is 35.1 Å². The molecular formula is C30H33N3O3. The second kappa shape index (κ2) is 12.2. The van der Waals surface area contributed by atoms with E-state index in [1.54, 1.807) is 32.4 Å². The number of rotatable bonds is 9. The number of likely N-dealkylation sites (N-methyl/N-ethyl adjacent to an activating group) is 1. The van der Waals surface area contributed by atoms with E-state index in [1.165, 1.54) is 16.0 Å². The first-order chi connectivity index (χ1) is 17.5. The maximum absolute atomic E-state index is 11.5. The van der Waals surface area contributed by atoms with Crippen LogP contribution >= 0.6 is 0 Å². The third-order valence-corrected chi connectivity index (χ3v) is 6.20. The van der Waals surface area contributed by atoms with E-state index in [0.717, 1.165) is 47.3 Å². The Morgan fingerprint density at radius 2 is 1.94 bits per heavy atom. The van der Waals surface area contributed by atoms with Gasteiger partial charge in [0.2, 0.25) is 5.91 Å². The van der Waals surface area contributed by atoms with E-state index >= 15 is 0 Å². The number of ether oxygens (including phenoxy) is 1. The topological polar surface area (TPSA) is 74.7 Å². The van der Waals surface area contributed by atoms with Crippen molar-refractivity contribution in [3.63, 3.8) is 0 Å². The molecule has 1 amide bonds. The third kappa shape index (κ3) is 6.40. The fraction of sp³-hybridized carbons (Fsp3) is 0.267. The average Bonchev–Trinajstić information content (AvgIpc) is 3.08. The Kier molecular flexibility index (Phi) is 8.53. The highest BCUT2D eigenvalue weighted by Crippen LogP contribution is 2.40. The number of nitrogens with one attached hydrogen (secondary N) is 1. The van der Waals surface area contributed by atoms with Crippen molar-refractivity contribution in [3.8, 4) is 11.5 Å². The third-order valence-electron chi connectivity index (χ3n) is 6.20. The molecule has 0 bridgehead atoms. The van der Waals surface area contributed by atoms with Gasteiger partial charge in [0.1, 0.15) is 18.1 Å². The predicted octanol–water partition coefficient (Wildman–Crippen LogP) is 4.70. The van der Waals surface area contributed by atoms with Crippen LogP contribution < -0.4 is 10.1 Å². The zero-order chi connectivity index (χ0) is 25.3. The number of hydrogen-bond acceptors (Lipinski definition) is 5. The molecule has 0 fully saturated rings. The molecule has 0 aliphatic heterocycles. The molecule has 1 aliphatic rings. The summed E-state index contributed by atoms with van der Waals surface area (Å²) in [6.45, 7) is 1.82. The Balaban J connectivity index is 1.48. The first kappa shape index (κ1) is 25.2. The molecular weight excluding hydrogens is 450 g/mol. The number of benzene rings is 2. The van der Waals surface area contributed by atoms with Crippen molar-refractivity contribution in [2.24, 2.45) is 0 Å². The number of carbonyl (C=O) groups excluding carboxylic acids is 1. The highest BCUT2D eigenvalue weighted by atomic mass is 16.5. The number of fused-ring (bicyclic) bond motifs is 1. The molecule has 6 heteroatoms. The Bertz CT molecular complexity index is 1230. The van der Waals surface area contributed by atoms with Crippen LogP contribution in [0, 0.1) is 0 Å². The van der Waals surface area contributed by atoms with E-state index in [-0.39, 0.29) is 5.91 Å². The zero-order valence-corrected chi connectivity index (χ0v) is 20.9. The summed E-state index contributed by atoms with van der Waals surface area (Å²) in [4.78, 5) is 17.4. The van der Waals surface area contributed by atoms with Gasteiger partial charge in [-0.25, -0.2) is 0 Å². The molecule has 2 aromatic carbocycles. The van der Waals surface area contributed by atoms with Crippen molar-refractivity contribution in [2.45, 2.75) is 19.3 Å². The zero-order valence-electron chi connectivity index (χ0n) is 20.9. The van der Waals surface area contributed by atoms with Gasteiger partial charge in [0.05, 0.1) is 0 Å². The van der Waals surface area contributed by atoms with Crippen molar-refractivity contribution < 1.29 is 14.6 Å². The van der Waals surface area contributed by atoms with E-state index in [9.17, 15) is 9.90 Å². The fourth-order valence-corrected chi connectivity index (χ4v) is 4.39. The predicted molar refractivity (Wildman–Crippen MR) is 144 cm³/mol. The summed E-state index contributed by atoms with van der Waals surface area (Å²) < 4.78 is 5.91. The van der Waals surface area contributed by atoms with Gasteiger partial charge in [0.25, 0.3) is 0 Å². The number of nitrogens with zero attached hydrogens (tertiary/aromatic N) is 2. The second-order valence-corrected chi connectivity index (χ2v) is 9.00. The SMILES string of the molecule is CN(C)C(=O)/C=C/CNCCOc1ccc(C2=C(c3cccnc3)CCCc3cc(O)ccc32)cc1. The average molecular weight is 484 g/mol. The number of amides is 1. The number of allylic oxidation sites excluding steroid dienone is 1.